The number of ether oxygens (including phenoxy) is 2. The van der Waals surface area contributed by atoms with Gasteiger partial charge in [0, 0.05) is 17.7 Å². The average molecular weight is 556 g/mol. The predicted molar refractivity (Wildman–Crippen MR) is 138 cm³/mol. The lowest BCUT2D eigenvalue weighted by Crippen LogP contribution is -2.46. The number of halogens is 3. The number of benzene rings is 3. The second-order valence-electron chi connectivity index (χ2n) is 8.39. The highest BCUT2D eigenvalue weighted by Crippen LogP contribution is 2.37. The third-order valence-corrected chi connectivity index (χ3v) is 6.54. The molecular formula is C26H20F3N5O4S. The smallest absolute Gasteiger partial charge is 0.416 e. The minimum Gasteiger partial charge on any atom is -0.454 e. The van der Waals surface area contributed by atoms with Crippen LogP contribution in [-0.2, 0) is 17.4 Å². The van der Waals surface area contributed by atoms with Crippen molar-refractivity contribution in [1.29, 1.82) is 0 Å². The van der Waals surface area contributed by atoms with E-state index in [-0.39, 0.29) is 24.0 Å². The zero-order valence-electron chi connectivity index (χ0n) is 20.0. The molecule has 39 heavy (non-hydrogen) atoms. The Morgan fingerprint density at radius 2 is 1.67 bits per heavy atom. The summed E-state index contributed by atoms with van der Waals surface area (Å²) >= 11 is 1.14. The molecule has 1 aliphatic heterocycles. The summed E-state index contributed by atoms with van der Waals surface area (Å²) in [6.45, 7) is 0.137. The van der Waals surface area contributed by atoms with Gasteiger partial charge in [-0.1, -0.05) is 41.7 Å². The van der Waals surface area contributed by atoms with E-state index in [2.05, 4.69) is 26.1 Å². The number of nitrogens with one attached hydrogen (secondary N) is 3. The van der Waals surface area contributed by atoms with Crippen molar-refractivity contribution in [1.82, 2.24) is 15.5 Å². The molecule has 3 aromatic carbocycles. The molecule has 3 N–H and O–H groups in total. The van der Waals surface area contributed by atoms with Gasteiger partial charge in [-0.05, 0) is 48.0 Å². The Morgan fingerprint density at radius 3 is 2.41 bits per heavy atom. The van der Waals surface area contributed by atoms with Crippen LogP contribution in [0.5, 0.6) is 11.5 Å². The lowest BCUT2D eigenvalue weighted by atomic mass is 10.1. The fraction of sp³-hybridized carbons (Fsp3) is 0.154. The van der Waals surface area contributed by atoms with Crippen LogP contribution in [0.25, 0.3) is 10.6 Å². The summed E-state index contributed by atoms with van der Waals surface area (Å²) in [4.78, 5) is 25.8. The van der Waals surface area contributed by atoms with Gasteiger partial charge in [-0.2, -0.15) is 13.2 Å². The minimum absolute atomic E-state index is 0.136. The van der Waals surface area contributed by atoms with E-state index in [1.54, 1.807) is 42.5 Å². The van der Waals surface area contributed by atoms with E-state index in [1.807, 2.05) is 6.07 Å². The zero-order chi connectivity index (χ0) is 27.4. The van der Waals surface area contributed by atoms with Crippen LogP contribution >= 0.6 is 11.3 Å². The number of urea groups is 1. The molecule has 0 fully saturated rings. The first-order valence-electron chi connectivity index (χ1n) is 11.6. The van der Waals surface area contributed by atoms with Gasteiger partial charge < -0.3 is 20.1 Å². The van der Waals surface area contributed by atoms with Crippen LogP contribution < -0.4 is 25.4 Å². The Morgan fingerprint density at radius 1 is 0.923 bits per heavy atom. The van der Waals surface area contributed by atoms with Crippen LogP contribution in [0.4, 0.5) is 28.8 Å². The first-order chi connectivity index (χ1) is 18.7. The summed E-state index contributed by atoms with van der Waals surface area (Å²) in [6, 6.07) is 16.5. The maximum absolute atomic E-state index is 13.2. The van der Waals surface area contributed by atoms with Crippen molar-refractivity contribution in [3.05, 3.63) is 83.9 Å². The van der Waals surface area contributed by atoms with Gasteiger partial charge in [0.2, 0.25) is 17.8 Å². The fourth-order valence-electron chi connectivity index (χ4n) is 3.74. The molecule has 4 aromatic rings. The van der Waals surface area contributed by atoms with Crippen molar-refractivity contribution in [3.63, 3.8) is 0 Å². The van der Waals surface area contributed by atoms with Gasteiger partial charge in [-0.3, -0.25) is 10.1 Å². The van der Waals surface area contributed by atoms with Crippen molar-refractivity contribution in [3.8, 4) is 22.1 Å². The number of anilines is 2. The Hall–Kier alpha value is -4.65. The van der Waals surface area contributed by atoms with Crippen molar-refractivity contribution in [2.24, 2.45) is 0 Å². The molecule has 0 radical (unpaired) electrons. The van der Waals surface area contributed by atoms with Gasteiger partial charge in [0.05, 0.1) is 5.56 Å². The number of rotatable bonds is 7. The molecule has 1 atom stereocenters. The second-order valence-corrected chi connectivity index (χ2v) is 9.36. The number of hydrogen-bond donors (Lipinski definition) is 3. The topological polar surface area (TPSA) is 114 Å². The molecule has 5 rings (SSSR count). The summed E-state index contributed by atoms with van der Waals surface area (Å²) < 4.78 is 49.1. The van der Waals surface area contributed by atoms with Gasteiger partial charge in [0.15, 0.2) is 11.5 Å². The van der Waals surface area contributed by atoms with Crippen LogP contribution in [0.1, 0.15) is 11.1 Å². The number of fused-ring (bicyclic) bond motifs is 1. The maximum atomic E-state index is 13.2. The number of carbonyl (C=O) groups excluding carboxylic acids is 2. The SMILES string of the molecule is O=C(Nc1ccc(C(F)(F)F)cc1)N[C@H](Cc1ccccc1)C(=O)Nc1nnc(-c2ccc3c(c2)OCO3)s1. The quantitative estimate of drug-likeness (QED) is 0.284. The van der Waals surface area contributed by atoms with Crippen LogP contribution in [0, 0.1) is 0 Å². The van der Waals surface area contributed by atoms with Crippen LogP contribution in [0.15, 0.2) is 72.8 Å². The number of amides is 3. The minimum atomic E-state index is -4.49. The molecule has 13 heteroatoms. The summed E-state index contributed by atoms with van der Waals surface area (Å²) in [5, 5.41) is 16.6. The lowest BCUT2D eigenvalue weighted by Gasteiger charge is -2.18. The van der Waals surface area contributed by atoms with E-state index < -0.39 is 29.7 Å². The third-order valence-electron chi connectivity index (χ3n) is 5.65. The van der Waals surface area contributed by atoms with E-state index in [0.29, 0.717) is 16.5 Å². The largest absolute Gasteiger partial charge is 0.454 e. The molecule has 1 aromatic heterocycles. The van der Waals surface area contributed by atoms with Crippen molar-refractivity contribution in [2.75, 3.05) is 17.4 Å². The molecule has 0 aliphatic carbocycles. The highest BCUT2D eigenvalue weighted by Gasteiger charge is 2.30. The summed E-state index contributed by atoms with van der Waals surface area (Å²) in [5.74, 6) is 0.662. The Bertz CT molecular complexity index is 1480. The molecule has 9 nitrogen and oxygen atoms in total. The molecule has 0 unspecified atom stereocenters. The third kappa shape index (κ3) is 6.44. The monoisotopic (exact) mass is 555 g/mol. The Labute approximate surface area is 224 Å². The number of nitrogens with zero attached hydrogens (tertiary/aromatic N) is 2. The molecule has 200 valence electrons. The van der Waals surface area contributed by atoms with Gasteiger partial charge in [-0.25, -0.2) is 4.79 Å². The van der Waals surface area contributed by atoms with Gasteiger partial charge >= 0.3 is 12.2 Å². The van der Waals surface area contributed by atoms with Crippen molar-refractivity contribution >= 4 is 34.1 Å². The number of carbonyl (C=O) groups is 2. The second kappa shape index (κ2) is 11.0. The number of alkyl halides is 3. The van der Waals surface area contributed by atoms with Gasteiger partial charge in [0.25, 0.3) is 0 Å². The molecule has 0 spiro atoms. The molecule has 0 bridgehead atoms. The first kappa shape index (κ1) is 26.0. The molecule has 2 heterocycles. The van der Waals surface area contributed by atoms with E-state index in [0.717, 1.165) is 46.7 Å². The summed E-state index contributed by atoms with van der Waals surface area (Å²) in [6.07, 6.45) is -4.34. The fourth-order valence-corrected chi connectivity index (χ4v) is 4.48. The molecular weight excluding hydrogens is 535 g/mol. The molecule has 3 amide bonds. The molecule has 0 saturated carbocycles. The van der Waals surface area contributed by atoms with Crippen molar-refractivity contribution in [2.45, 2.75) is 18.6 Å². The van der Waals surface area contributed by atoms with Crippen LogP contribution in [0.2, 0.25) is 0 Å². The van der Waals surface area contributed by atoms with Gasteiger partial charge in [0.1, 0.15) is 11.0 Å². The standard InChI is InChI=1S/C26H20F3N5O4S/c27-26(28,29)17-7-9-18(10-8-17)30-24(36)31-19(12-15-4-2-1-3-5-15)22(35)32-25-34-33-23(39-25)16-6-11-20-21(13-16)38-14-37-20/h1-11,13,19H,12,14H2,(H2,30,31,36)(H,32,34,35)/t19-/m1/s1. The molecule has 1 aliphatic rings. The Balaban J connectivity index is 1.27. The first-order valence-corrected chi connectivity index (χ1v) is 12.4. The Kier molecular flexibility index (Phi) is 7.32. The summed E-state index contributed by atoms with van der Waals surface area (Å²) in [7, 11) is 0. The van der Waals surface area contributed by atoms with Crippen LogP contribution in [-0.4, -0.2) is 35.0 Å². The summed E-state index contributed by atoms with van der Waals surface area (Å²) in [5.41, 5.74) is 0.807. The maximum Gasteiger partial charge on any atom is 0.416 e. The van der Waals surface area contributed by atoms with Gasteiger partial charge in [-0.15, -0.1) is 10.2 Å². The molecule has 0 saturated heterocycles. The van der Waals surface area contributed by atoms with E-state index >= 15 is 0 Å². The van der Waals surface area contributed by atoms with Crippen molar-refractivity contribution < 1.29 is 32.2 Å². The highest BCUT2D eigenvalue weighted by atomic mass is 32.1. The lowest BCUT2D eigenvalue weighted by molar-refractivity contribution is -0.137. The zero-order valence-corrected chi connectivity index (χ0v) is 20.8. The predicted octanol–water partition coefficient (Wildman–Crippen LogP) is 5.32. The van der Waals surface area contributed by atoms with E-state index in [9.17, 15) is 22.8 Å². The van der Waals surface area contributed by atoms with E-state index in [4.69, 9.17) is 9.47 Å². The average Bonchev–Trinajstić information content (AvgIpc) is 3.58. The van der Waals surface area contributed by atoms with E-state index in [1.165, 1.54) is 0 Å². The number of hydrogen-bond acceptors (Lipinski definition) is 7. The normalized spacial score (nSPS) is 13.0. The highest BCUT2D eigenvalue weighted by molar-refractivity contribution is 7.18. The van der Waals surface area contributed by atoms with Crippen LogP contribution in [0.3, 0.4) is 0 Å². The number of aromatic nitrogens is 2.